The van der Waals surface area contributed by atoms with Gasteiger partial charge in [0.2, 0.25) is 0 Å². The summed E-state index contributed by atoms with van der Waals surface area (Å²) < 4.78 is 65.4. The molecule has 0 aromatic carbocycles. The maximum atomic E-state index is 11.5. The minimum atomic E-state index is -4.05. The van der Waals surface area contributed by atoms with E-state index in [0.717, 1.165) is 0 Å². The molecule has 0 aliphatic carbocycles. The quantitative estimate of drug-likeness (QED) is 0.743. The Morgan fingerprint density at radius 3 is 2.10 bits per heavy atom. The van der Waals surface area contributed by atoms with E-state index >= 15 is 0 Å². The van der Waals surface area contributed by atoms with Crippen LogP contribution < -0.4 is 0 Å². The molecule has 0 bridgehead atoms. The molecule has 2 heterocycles. The van der Waals surface area contributed by atoms with Crippen molar-refractivity contribution in [3.8, 4) is 0 Å². The first-order chi connectivity index (χ1) is 9.62. The highest BCUT2D eigenvalue weighted by Crippen LogP contribution is 2.32. The summed E-state index contributed by atoms with van der Waals surface area (Å²) in [5.41, 5.74) is 0. The van der Waals surface area contributed by atoms with E-state index in [1.165, 1.54) is 0 Å². The number of hydrogen-bond donors (Lipinski definition) is 0. The third kappa shape index (κ3) is 4.36. The molecule has 2 aliphatic rings. The van der Waals surface area contributed by atoms with E-state index in [4.69, 9.17) is 16.7 Å². The first kappa shape index (κ1) is 17.1. The summed E-state index contributed by atoms with van der Waals surface area (Å²) in [7, 11) is -8.09. The van der Waals surface area contributed by atoms with Crippen LogP contribution in [0.2, 0.25) is 0 Å². The van der Waals surface area contributed by atoms with Gasteiger partial charge in [0.15, 0.2) is 0 Å². The van der Waals surface area contributed by atoms with Crippen molar-refractivity contribution >= 4 is 20.8 Å². The Kier molecular flexibility index (Phi) is 4.96. The lowest BCUT2D eigenvalue weighted by Crippen LogP contribution is -2.45. The summed E-state index contributed by atoms with van der Waals surface area (Å²) in [6, 6.07) is 0. The standard InChI is InChI=1S/C11H20O8S2/c1-4-9-5-10(18-21(14,15)17-9)6-11-7(2)8(3)16-20(12,13)19-11/h7-11H,4-6H2,1-3H3. The van der Waals surface area contributed by atoms with Gasteiger partial charge in [0.05, 0.1) is 24.4 Å². The minimum absolute atomic E-state index is 0.146. The normalized spacial score (nSPS) is 42.5. The molecule has 0 aromatic heterocycles. The summed E-state index contributed by atoms with van der Waals surface area (Å²) in [5, 5.41) is 0. The Morgan fingerprint density at radius 1 is 0.905 bits per heavy atom. The van der Waals surface area contributed by atoms with Gasteiger partial charge in [0, 0.05) is 18.8 Å². The molecular weight excluding hydrogens is 324 g/mol. The van der Waals surface area contributed by atoms with Gasteiger partial charge in [0.1, 0.15) is 0 Å². The van der Waals surface area contributed by atoms with Crippen LogP contribution >= 0.6 is 0 Å². The van der Waals surface area contributed by atoms with Crippen molar-refractivity contribution in [3.63, 3.8) is 0 Å². The van der Waals surface area contributed by atoms with Crippen LogP contribution in [-0.2, 0) is 37.5 Å². The first-order valence-electron chi connectivity index (χ1n) is 6.85. The second kappa shape index (κ2) is 6.09. The zero-order valence-corrected chi connectivity index (χ0v) is 13.7. The lowest BCUT2D eigenvalue weighted by Gasteiger charge is -2.36. The van der Waals surface area contributed by atoms with Gasteiger partial charge in [-0.2, -0.15) is 16.8 Å². The molecule has 5 atom stereocenters. The topological polar surface area (TPSA) is 105 Å². The summed E-state index contributed by atoms with van der Waals surface area (Å²) >= 11 is 0. The van der Waals surface area contributed by atoms with Crippen molar-refractivity contribution in [1.82, 2.24) is 0 Å². The van der Waals surface area contributed by atoms with Crippen LogP contribution in [0.3, 0.4) is 0 Å². The number of rotatable bonds is 3. The zero-order chi connectivity index (χ0) is 15.8. The Hall–Kier alpha value is -0.260. The van der Waals surface area contributed by atoms with Crippen molar-refractivity contribution < 1.29 is 33.6 Å². The largest absolute Gasteiger partial charge is 0.400 e. The fourth-order valence-electron chi connectivity index (χ4n) is 2.45. The maximum Gasteiger partial charge on any atom is 0.400 e. The van der Waals surface area contributed by atoms with Crippen molar-refractivity contribution in [2.24, 2.45) is 5.92 Å². The van der Waals surface area contributed by atoms with Gasteiger partial charge in [-0.25, -0.2) is 16.7 Å². The lowest BCUT2D eigenvalue weighted by molar-refractivity contribution is -0.0365. The smallest absolute Gasteiger partial charge is 0.245 e. The Balaban J connectivity index is 2.09. The van der Waals surface area contributed by atoms with Crippen LogP contribution in [0.15, 0.2) is 0 Å². The predicted molar refractivity (Wildman–Crippen MR) is 71.7 cm³/mol. The lowest BCUT2D eigenvalue weighted by atomic mass is 9.93. The van der Waals surface area contributed by atoms with E-state index in [0.29, 0.717) is 12.8 Å². The van der Waals surface area contributed by atoms with Crippen molar-refractivity contribution in [3.05, 3.63) is 0 Å². The van der Waals surface area contributed by atoms with Crippen LogP contribution in [-0.4, -0.2) is 41.3 Å². The van der Waals surface area contributed by atoms with E-state index in [2.05, 4.69) is 0 Å². The Labute approximate surface area is 125 Å². The van der Waals surface area contributed by atoms with Gasteiger partial charge in [-0.3, -0.25) is 0 Å². The molecule has 2 aliphatic heterocycles. The van der Waals surface area contributed by atoms with Crippen molar-refractivity contribution in [2.75, 3.05) is 0 Å². The van der Waals surface area contributed by atoms with E-state index in [9.17, 15) is 16.8 Å². The molecule has 0 spiro atoms. The molecule has 2 rings (SSSR count). The molecule has 0 radical (unpaired) electrons. The molecule has 10 heteroatoms. The molecule has 0 amide bonds. The molecule has 5 unspecified atom stereocenters. The molecule has 124 valence electrons. The summed E-state index contributed by atoms with van der Waals surface area (Å²) in [4.78, 5) is 0. The summed E-state index contributed by atoms with van der Waals surface area (Å²) in [6.07, 6.45) is -1.30. The van der Waals surface area contributed by atoms with Crippen LogP contribution in [0, 0.1) is 5.92 Å². The van der Waals surface area contributed by atoms with Gasteiger partial charge in [0.25, 0.3) is 0 Å². The zero-order valence-electron chi connectivity index (χ0n) is 12.1. The summed E-state index contributed by atoms with van der Waals surface area (Å²) in [6.45, 7) is 5.23. The Morgan fingerprint density at radius 2 is 1.48 bits per heavy atom. The van der Waals surface area contributed by atoms with Crippen LogP contribution in [0.1, 0.15) is 40.0 Å². The Bertz CT molecular complexity index is 569. The highest BCUT2D eigenvalue weighted by molar-refractivity contribution is 7.82. The average Bonchev–Trinajstić information content (AvgIpc) is 2.32. The van der Waals surface area contributed by atoms with Crippen molar-refractivity contribution in [1.29, 1.82) is 0 Å². The fourth-order valence-corrected chi connectivity index (χ4v) is 4.68. The van der Waals surface area contributed by atoms with E-state index < -0.39 is 45.2 Å². The van der Waals surface area contributed by atoms with E-state index in [1.54, 1.807) is 13.8 Å². The van der Waals surface area contributed by atoms with Crippen LogP contribution in [0.5, 0.6) is 0 Å². The average molecular weight is 344 g/mol. The highest BCUT2D eigenvalue weighted by Gasteiger charge is 2.41. The second-order valence-electron chi connectivity index (χ2n) is 5.43. The van der Waals surface area contributed by atoms with Crippen molar-refractivity contribution in [2.45, 2.75) is 64.4 Å². The molecule has 21 heavy (non-hydrogen) atoms. The molecule has 2 saturated heterocycles. The first-order valence-corrected chi connectivity index (χ1v) is 9.51. The molecular formula is C11H20O8S2. The molecule has 0 aromatic rings. The van der Waals surface area contributed by atoms with Gasteiger partial charge in [-0.1, -0.05) is 13.8 Å². The van der Waals surface area contributed by atoms with Gasteiger partial charge in [-0.15, -0.1) is 0 Å². The highest BCUT2D eigenvalue weighted by atomic mass is 32.3. The van der Waals surface area contributed by atoms with E-state index in [-0.39, 0.29) is 12.3 Å². The van der Waals surface area contributed by atoms with Crippen LogP contribution in [0.25, 0.3) is 0 Å². The third-order valence-electron chi connectivity index (χ3n) is 3.82. The maximum absolute atomic E-state index is 11.5. The minimum Gasteiger partial charge on any atom is -0.245 e. The molecule has 8 nitrogen and oxygen atoms in total. The van der Waals surface area contributed by atoms with Gasteiger partial charge < -0.3 is 0 Å². The molecule has 0 saturated carbocycles. The second-order valence-corrected chi connectivity index (χ2v) is 7.83. The fraction of sp³-hybridized carbons (Fsp3) is 1.00. The third-order valence-corrected chi connectivity index (χ3v) is 5.86. The monoisotopic (exact) mass is 344 g/mol. The van der Waals surface area contributed by atoms with E-state index in [1.807, 2.05) is 6.92 Å². The molecule has 2 fully saturated rings. The SMILES string of the molecule is CCC1CC(CC2OS(=O)(=O)OC(C)C2C)OS(=O)(=O)O1. The summed E-state index contributed by atoms with van der Waals surface area (Å²) in [5.74, 6) is -0.206. The predicted octanol–water partition coefficient (Wildman–Crippen LogP) is 0.890. The van der Waals surface area contributed by atoms with Crippen LogP contribution in [0.4, 0.5) is 0 Å². The molecule has 0 N–H and O–H groups in total. The van der Waals surface area contributed by atoms with Gasteiger partial charge >= 0.3 is 20.8 Å². The van der Waals surface area contributed by atoms with Gasteiger partial charge in [-0.05, 0) is 13.3 Å². The number of hydrogen-bond acceptors (Lipinski definition) is 8.